The summed E-state index contributed by atoms with van der Waals surface area (Å²) in [5.74, 6) is 0. The number of aldehydes is 1. The highest BCUT2D eigenvalue weighted by molar-refractivity contribution is 7.13. The lowest BCUT2D eigenvalue weighted by atomic mass is 9.96. The fourth-order valence-electron chi connectivity index (χ4n) is 2.68. The number of fused-ring (bicyclic) bond motifs is 1. The van der Waals surface area contributed by atoms with E-state index in [1.165, 1.54) is 11.3 Å². The number of rotatable bonds is 4. The molecule has 0 radical (unpaired) electrons. The summed E-state index contributed by atoms with van der Waals surface area (Å²) in [6.07, 6.45) is 3.89. The molecule has 6 heteroatoms. The van der Waals surface area contributed by atoms with E-state index in [4.69, 9.17) is 4.74 Å². The molecule has 1 aromatic rings. The number of nitrogens with zero attached hydrogens (tertiary/aromatic N) is 2. The summed E-state index contributed by atoms with van der Waals surface area (Å²) in [6, 6.07) is 0.127. The molecule has 0 bridgehead atoms. The molecule has 2 rings (SSSR count). The van der Waals surface area contributed by atoms with E-state index in [2.05, 4.69) is 11.9 Å². The highest BCUT2D eigenvalue weighted by Crippen LogP contribution is 2.29. The molecule has 1 unspecified atom stereocenters. The molecule has 1 amide bonds. The van der Waals surface area contributed by atoms with E-state index >= 15 is 0 Å². The van der Waals surface area contributed by atoms with Crippen molar-refractivity contribution in [3.63, 3.8) is 0 Å². The van der Waals surface area contributed by atoms with Gasteiger partial charge in [0, 0.05) is 23.9 Å². The van der Waals surface area contributed by atoms with Gasteiger partial charge in [0.1, 0.15) is 5.60 Å². The molecule has 0 aromatic carbocycles. The molecule has 0 fully saturated rings. The van der Waals surface area contributed by atoms with E-state index in [0.29, 0.717) is 11.6 Å². The Hall–Kier alpha value is -1.43. The largest absolute Gasteiger partial charge is 0.444 e. The van der Waals surface area contributed by atoms with Crippen molar-refractivity contribution >= 4 is 23.7 Å². The number of carbonyl (C=O) groups excluding carboxylic acids is 2. The highest BCUT2D eigenvalue weighted by Gasteiger charge is 2.31. The van der Waals surface area contributed by atoms with Gasteiger partial charge in [-0.05, 0) is 40.0 Å². The summed E-state index contributed by atoms with van der Waals surface area (Å²) in [5.41, 5.74) is 0.530. The number of hydrogen-bond donors (Lipinski definition) is 0. The van der Waals surface area contributed by atoms with Crippen LogP contribution in [0.4, 0.5) is 4.79 Å². The Morgan fingerprint density at radius 3 is 2.82 bits per heavy atom. The van der Waals surface area contributed by atoms with Crippen molar-refractivity contribution in [3.8, 4) is 0 Å². The summed E-state index contributed by atoms with van der Waals surface area (Å²) in [4.78, 5) is 30.6. The van der Waals surface area contributed by atoms with Crippen LogP contribution in [0.5, 0.6) is 0 Å². The summed E-state index contributed by atoms with van der Waals surface area (Å²) < 4.78 is 5.54. The van der Waals surface area contributed by atoms with Crippen molar-refractivity contribution in [1.82, 2.24) is 9.88 Å². The zero-order valence-corrected chi connectivity index (χ0v) is 14.5. The summed E-state index contributed by atoms with van der Waals surface area (Å²) in [7, 11) is 0. The number of hydrogen-bond acceptors (Lipinski definition) is 5. The Bertz CT molecular complexity index is 548. The minimum atomic E-state index is -0.488. The van der Waals surface area contributed by atoms with Crippen LogP contribution in [0.1, 0.15) is 60.9 Å². The Kier molecular flexibility index (Phi) is 5.21. The first kappa shape index (κ1) is 16.9. The van der Waals surface area contributed by atoms with E-state index in [1.807, 2.05) is 25.7 Å². The second-order valence-corrected chi connectivity index (χ2v) is 7.73. The standard InChI is InChI=1S/C16H24N2O3S/c1-5-8-18(15(20)21-16(2,3)4)11-6-7-12-13(9-11)22-14(10-19)17-12/h10-11H,5-9H2,1-4H3. The molecule has 1 aliphatic carbocycles. The predicted octanol–water partition coefficient (Wildman–Crippen LogP) is 3.46. The van der Waals surface area contributed by atoms with Gasteiger partial charge >= 0.3 is 6.09 Å². The van der Waals surface area contributed by atoms with Crippen molar-refractivity contribution in [2.75, 3.05) is 6.54 Å². The number of amides is 1. The molecule has 1 heterocycles. The monoisotopic (exact) mass is 324 g/mol. The fourth-order valence-corrected chi connectivity index (χ4v) is 3.68. The molecule has 0 aliphatic heterocycles. The van der Waals surface area contributed by atoms with Crippen LogP contribution in [-0.4, -0.2) is 40.5 Å². The lowest BCUT2D eigenvalue weighted by Gasteiger charge is -2.35. The zero-order valence-electron chi connectivity index (χ0n) is 13.7. The predicted molar refractivity (Wildman–Crippen MR) is 86.5 cm³/mol. The van der Waals surface area contributed by atoms with E-state index in [9.17, 15) is 9.59 Å². The van der Waals surface area contributed by atoms with Gasteiger partial charge in [0.15, 0.2) is 11.3 Å². The Morgan fingerprint density at radius 1 is 1.50 bits per heavy atom. The second-order valence-electron chi connectivity index (χ2n) is 6.61. The average molecular weight is 324 g/mol. The first-order valence-corrected chi connectivity index (χ1v) is 8.59. The molecule has 1 aliphatic rings. The van der Waals surface area contributed by atoms with Crippen LogP contribution in [-0.2, 0) is 17.6 Å². The van der Waals surface area contributed by atoms with Gasteiger partial charge in [0.05, 0.1) is 5.69 Å². The van der Waals surface area contributed by atoms with Gasteiger partial charge in [-0.3, -0.25) is 4.79 Å². The molecular weight excluding hydrogens is 300 g/mol. The third-order valence-corrected chi connectivity index (χ3v) is 4.61. The lowest BCUT2D eigenvalue weighted by molar-refractivity contribution is 0.0146. The molecule has 122 valence electrons. The number of aromatic nitrogens is 1. The van der Waals surface area contributed by atoms with Crippen LogP contribution in [0.3, 0.4) is 0 Å². The summed E-state index contributed by atoms with van der Waals surface area (Å²) >= 11 is 1.44. The second kappa shape index (κ2) is 6.77. The quantitative estimate of drug-likeness (QED) is 0.796. The normalized spacial score (nSPS) is 17.7. The fraction of sp³-hybridized carbons (Fsp3) is 0.688. The maximum absolute atomic E-state index is 12.5. The smallest absolute Gasteiger partial charge is 0.410 e. The van der Waals surface area contributed by atoms with Crippen LogP contribution in [0.25, 0.3) is 0 Å². The molecule has 0 N–H and O–H groups in total. The van der Waals surface area contributed by atoms with Gasteiger partial charge < -0.3 is 9.64 Å². The Labute approximate surface area is 135 Å². The number of thiazole rings is 1. The molecule has 0 spiro atoms. The van der Waals surface area contributed by atoms with Crippen molar-refractivity contribution in [1.29, 1.82) is 0 Å². The van der Waals surface area contributed by atoms with E-state index in [0.717, 1.165) is 42.5 Å². The van der Waals surface area contributed by atoms with Crippen molar-refractivity contribution in [2.45, 2.75) is 65.0 Å². The van der Waals surface area contributed by atoms with Crippen LogP contribution >= 0.6 is 11.3 Å². The van der Waals surface area contributed by atoms with Gasteiger partial charge in [0.2, 0.25) is 0 Å². The molecule has 0 saturated heterocycles. The molecule has 1 atom stereocenters. The lowest BCUT2D eigenvalue weighted by Crippen LogP contribution is -2.46. The molecule has 1 aromatic heterocycles. The topological polar surface area (TPSA) is 59.5 Å². The van der Waals surface area contributed by atoms with Gasteiger partial charge in [0.25, 0.3) is 0 Å². The van der Waals surface area contributed by atoms with E-state index < -0.39 is 5.60 Å². The highest BCUT2D eigenvalue weighted by atomic mass is 32.1. The third-order valence-electron chi connectivity index (χ3n) is 3.56. The van der Waals surface area contributed by atoms with Gasteiger partial charge in [-0.2, -0.15) is 0 Å². The van der Waals surface area contributed by atoms with Crippen molar-refractivity contribution in [2.24, 2.45) is 0 Å². The maximum Gasteiger partial charge on any atom is 0.410 e. The van der Waals surface area contributed by atoms with E-state index in [-0.39, 0.29) is 12.1 Å². The van der Waals surface area contributed by atoms with Crippen LogP contribution in [0.15, 0.2) is 0 Å². The minimum absolute atomic E-state index is 0.127. The average Bonchev–Trinajstić information content (AvgIpc) is 2.84. The van der Waals surface area contributed by atoms with Gasteiger partial charge in [-0.15, -0.1) is 11.3 Å². The van der Waals surface area contributed by atoms with Gasteiger partial charge in [-0.25, -0.2) is 9.78 Å². The first-order chi connectivity index (χ1) is 10.3. The van der Waals surface area contributed by atoms with E-state index in [1.54, 1.807) is 0 Å². The maximum atomic E-state index is 12.5. The molecule has 0 saturated carbocycles. The zero-order chi connectivity index (χ0) is 16.3. The Morgan fingerprint density at radius 2 is 2.23 bits per heavy atom. The Balaban J connectivity index is 2.12. The van der Waals surface area contributed by atoms with Gasteiger partial charge in [-0.1, -0.05) is 6.92 Å². The molecular formula is C16H24N2O3S. The van der Waals surface area contributed by atoms with Crippen molar-refractivity contribution in [3.05, 3.63) is 15.6 Å². The number of carbonyl (C=O) groups is 2. The van der Waals surface area contributed by atoms with Crippen LogP contribution in [0.2, 0.25) is 0 Å². The van der Waals surface area contributed by atoms with Crippen LogP contribution < -0.4 is 0 Å². The molecule has 5 nitrogen and oxygen atoms in total. The third kappa shape index (κ3) is 4.06. The number of ether oxygens (including phenoxy) is 1. The number of aryl methyl sites for hydroxylation is 1. The summed E-state index contributed by atoms with van der Waals surface area (Å²) in [6.45, 7) is 8.39. The van der Waals surface area contributed by atoms with Crippen molar-refractivity contribution < 1.29 is 14.3 Å². The minimum Gasteiger partial charge on any atom is -0.444 e. The summed E-state index contributed by atoms with van der Waals surface area (Å²) in [5, 5.41) is 0.532. The SMILES string of the molecule is CCCN(C(=O)OC(C)(C)C)C1CCc2nc(C=O)sc2C1. The first-order valence-electron chi connectivity index (χ1n) is 7.77. The van der Waals surface area contributed by atoms with Crippen LogP contribution in [0, 0.1) is 0 Å². The molecule has 22 heavy (non-hydrogen) atoms.